The van der Waals surface area contributed by atoms with Crippen LogP contribution >= 0.6 is 0 Å². The molecule has 24 heavy (non-hydrogen) atoms. The Kier molecular flexibility index (Phi) is 4.86. The van der Waals surface area contributed by atoms with Gasteiger partial charge in [-0.2, -0.15) is 0 Å². The molecule has 0 saturated heterocycles. The molecule has 0 heterocycles. The van der Waals surface area contributed by atoms with Crippen LogP contribution in [0.3, 0.4) is 0 Å². The zero-order valence-electron chi connectivity index (χ0n) is 13.7. The summed E-state index contributed by atoms with van der Waals surface area (Å²) in [5.41, 5.74) is 1.81. The SMILES string of the molecule is CCCCc1ccc(NS(=O)(=O)c2cccc3ccccc23)cc1. The summed E-state index contributed by atoms with van der Waals surface area (Å²) in [6.45, 7) is 2.16. The molecule has 3 aromatic rings. The predicted molar refractivity (Wildman–Crippen MR) is 99.8 cm³/mol. The average Bonchev–Trinajstić information content (AvgIpc) is 2.60. The first kappa shape index (κ1) is 16.5. The van der Waals surface area contributed by atoms with Crippen molar-refractivity contribution < 1.29 is 8.42 Å². The van der Waals surface area contributed by atoms with E-state index in [1.165, 1.54) is 5.56 Å². The second-order valence-electron chi connectivity index (χ2n) is 5.88. The summed E-state index contributed by atoms with van der Waals surface area (Å²) >= 11 is 0. The monoisotopic (exact) mass is 339 g/mol. The van der Waals surface area contributed by atoms with E-state index in [4.69, 9.17) is 0 Å². The third-order valence-corrected chi connectivity index (χ3v) is 5.50. The Hall–Kier alpha value is -2.33. The molecule has 1 N–H and O–H groups in total. The van der Waals surface area contributed by atoms with Gasteiger partial charge < -0.3 is 0 Å². The Balaban J connectivity index is 1.88. The lowest BCUT2D eigenvalue weighted by Crippen LogP contribution is -2.13. The highest BCUT2D eigenvalue weighted by atomic mass is 32.2. The van der Waals surface area contributed by atoms with Crippen molar-refractivity contribution in [1.82, 2.24) is 0 Å². The molecule has 0 aliphatic carbocycles. The van der Waals surface area contributed by atoms with Gasteiger partial charge in [0, 0.05) is 11.1 Å². The predicted octanol–water partition coefficient (Wildman–Crippen LogP) is 4.98. The highest BCUT2D eigenvalue weighted by molar-refractivity contribution is 7.93. The standard InChI is InChI=1S/C20H21NO2S/c1-2-3-7-16-12-14-18(15-13-16)21-24(22,23)20-11-6-9-17-8-4-5-10-19(17)20/h4-6,8-15,21H,2-3,7H2,1H3. The van der Waals surface area contributed by atoms with Crippen molar-refractivity contribution in [1.29, 1.82) is 0 Å². The van der Waals surface area contributed by atoms with E-state index in [0.29, 0.717) is 10.6 Å². The molecule has 0 bridgehead atoms. The van der Waals surface area contributed by atoms with Crippen molar-refractivity contribution in [2.24, 2.45) is 0 Å². The molecule has 0 amide bonds. The fourth-order valence-electron chi connectivity index (χ4n) is 2.76. The molecule has 3 nitrogen and oxygen atoms in total. The topological polar surface area (TPSA) is 46.2 Å². The van der Waals surface area contributed by atoms with Gasteiger partial charge in [-0.25, -0.2) is 8.42 Å². The van der Waals surface area contributed by atoms with E-state index in [9.17, 15) is 8.42 Å². The molecule has 0 unspecified atom stereocenters. The summed E-state index contributed by atoms with van der Waals surface area (Å²) in [4.78, 5) is 0.302. The molecular formula is C20H21NO2S. The maximum absolute atomic E-state index is 12.8. The van der Waals surface area contributed by atoms with Crippen LogP contribution in [0.15, 0.2) is 71.6 Å². The van der Waals surface area contributed by atoms with Gasteiger partial charge in [0.1, 0.15) is 0 Å². The number of aryl methyl sites for hydroxylation is 1. The van der Waals surface area contributed by atoms with Crippen LogP contribution < -0.4 is 4.72 Å². The van der Waals surface area contributed by atoms with Crippen LogP contribution in [-0.2, 0) is 16.4 Å². The molecule has 4 heteroatoms. The van der Waals surface area contributed by atoms with Crippen LogP contribution in [0.1, 0.15) is 25.3 Å². The molecule has 0 radical (unpaired) electrons. The van der Waals surface area contributed by atoms with Crippen molar-refractivity contribution in [3.63, 3.8) is 0 Å². The fourth-order valence-corrected chi connectivity index (χ4v) is 4.05. The Labute approximate surface area is 143 Å². The minimum absolute atomic E-state index is 0.302. The highest BCUT2D eigenvalue weighted by Gasteiger charge is 2.17. The third-order valence-electron chi connectivity index (χ3n) is 4.06. The van der Waals surface area contributed by atoms with Gasteiger partial charge in [-0.3, -0.25) is 4.72 Å². The molecule has 0 saturated carbocycles. The largest absolute Gasteiger partial charge is 0.280 e. The number of rotatable bonds is 6. The van der Waals surface area contributed by atoms with Gasteiger partial charge in [0.25, 0.3) is 10.0 Å². The van der Waals surface area contributed by atoms with Crippen LogP contribution in [0.2, 0.25) is 0 Å². The maximum Gasteiger partial charge on any atom is 0.262 e. The van der Waals surface area contributed by atoms with E-state index in [-0.39, 0.29) is 0 Å². The molecule has 0 aliphatic heterocycles. The first-order valence-corrected chi connectivity index (χ1v) is 9.68. The van der Waals surface area contributed by atoms with E-state index in [1.54, 1.807) is 12.1 Å². The molecule has 0 atom stereocenters. The van der Waals surface area contributed by atoms with Crippen LogP contribution in [-0.4, -0.2) is 8.42 Å². The summed E-state index contributed by atoms with van der Waals surface area (Å²) in [6, 6.07) is 20.4. The number of sulfonamides is 1. The number of hydrogen-bond donors (Lipinski definition) is 1. The quantitative estimate of drug-likeness (QED) is 0.688. The summed E-state index contributed by atoms with van der Waals surface area (Å²) in [5.74, 6) is 0. The lowest BCUT2D eigenvalue weighted by Gasteiger charge is -2.11. The first-order chi connectivity index (χ1) is 11.6. The van der Waals surface area contributed by atoms with Crippen LogP contribution in [0.25, 0.3) is 10.8 Å². The number of hydrogen-bond acceptors (Lipinski definition) is 2. The van der Waals surface area contributed by atoms with E-state index in [1.807, 2.05) is 54.6 Å². The average molecular weight is 339 g/mol. The maximum atomic E-state index is 12.8. The Morgan fingerprint density at radius 1 is 0.875 bits per heavy atom. The van der Waals surface area contributed by atoms with Crippen molar-refractivity contribution in [2.45, 2.75) is 31.1 Å². The van der Waals surface area contributed by atoms with Crippen molar-refractivity contribution in [2.75, 3.05) is 4.72 Å². The molecule has 0 fully saturated rings. The van der Waals surface area contributed by atoms with Crippen LogP contribution in [0, 0.1) is 0 Å². The number of fused-ring (bicyclic) bond motifs is 1. The van der Waals surface area contributed by atoms with Crippen LogP contribution in [0.5, 0.6) is 0 Å². The Morgan fingerprint density at radius 3 is 2.33 bits per heavy atom. The second-order valence-corrected chi connectivity index (χ2v) is 7.53. The molecule has 3 aromatic carbocycles. The van der Waals surface area contributed by atoms with Gasteiger partial charge in [-0.1, -0.05) is 61.9 Å². The molecule has 0 aromatic heterocycles. The van der Waals surface area contributed by atoms with Gasteiger partial charge in [-0.05, 0) is 42.0 Å². The van der Waals surface area contributed by atoms with Gasteiger partial charge in [-0.15, -0.1) is 0 Å². The van der Waals surface area contributed by atoms with Crippen molar-refractivity contribution in [3.05, 3.63) is 72.3 Å². The van der Waals surface area contributed by atoms with Crippen molar-refractivity contribution in [3.8, 4) is 0 Å². The zero-order valence-corrected chi connectivity index (χ0v) is 14.5. The second kappa shape index (κ2) is 7.05. The minimum atomic E-state index is -3.62. The number of anilines is 1. The smallest absolute Gasteiger partial charge is 0.262 e. The van der Waals surface area contributed by atoms with E-state index >= 15 is 0 Å². The Morgan fingerprint density at radius 2 is 1.58 bits per heavy atom. The number of benzene rings is 3. The fraction of sp³-hybridized carbons (Fsp3) is 0.200. The molecule has 3 rings (SSSR count). The first-order valence-electron chi connectivity index (χ1n) is 8.19. The summed E-state index contributed by atoms with van der Waals surface area (Å²) in [5, 5.41) is 1.64. The van der Waals surface area contributed by atoms with E-state index in [0.717, 1.165) is 30.0 Å². The third kappa shape index (κ3) is 3.60. The van der Waals surface area contributed by atoms with Gasteiger partial charge in [0.05, 0.1) is 4.90 Å². The highest BCUT2D eigenvalue weighted by Crippen LogP contribution is 2.25. The van der Waals surface area contributed by atoms with E-state index < -0.39 is 10.0 Å². The van der Waals surface area contributed by atoms with Gasteiger partial charge in [0.2, 0.25) is 0 Å². The van der Waals surface area contributed by atoms with Gasteiger partial charge >= 0.3 is 0 Å². The molecule has 0 aliphatic rings. The normalized spacial score (nSPS) is 11.5. The summed E-state index contributed by atoms with van der Waals surface area (Å²) in [7, 11) is -3.62. The van der Waals surface area contributed by atoms with Crippen LogP contribution in [0.4, 0.5) is 5.69 Å². The molecule has 0 spiro atoms. The van der Waals surface area contributed by atoms with Gasteiger partial charge in [0.15, 0.2) is 0 Å². The van der Waals surface area contributed by atoms with E-state index in [2.05, 4.69) is 11.6 Å². The lowest BCUT2D eigenvalue weighted by atomic mass is 10.1. The molecule has 124 valence electrons. The number of nitrogens with one attached hydrogen (secondary N) is 1. The lowest BCUT2D eigenvalue weighted by molar-refractivity contribution is 0.602. The van der Waals surface area contributed by atoms with Crippen molar-refractivity contribution >= 4 is 26.5 Å². The summed E-state index contributed by atoms with van der Waals surface area (Å²) in [6.07, 6.45) is 3.31. The molecular weight excluding hydrogens is 318 g/mol. The zero-order chi connectivity index (χ0) is 17.0. The number of unbranched alkanes of at least 4 members (excludes halogenated alkanes) is 1. The minimum Gasteiger partial charge on any atom is -0.280 e. The summed E-state index contributed by atoms with van der Waals surface area (Å²) < 4.78 is 28.2. The Bertz CT molecular complexity index is 926.